The van der Waals surface area contributed by atoms with E-state index in [2.05, 4.69) is 5.32 Å². The van der Waals surface area contributed by atoms with Gasteiger partial charge in [-0.1, -0.05) is 18.6 Å². The van der Waals surface area contributed by atoms with Gasteiger partial charge in [0.25, 0.3) is 5.69 Å². The topological polar surface area (TPSA) is 75.4 Å². The molecule has 2 unspecified atom stereocenters. The second kappa shape index (κ2) is 6.02. The molecule has 1 fully saturated rings. The number of aliphatic hydroxyl groups excluding tert-OH is 1. The van der Waals surface area contributed by atoms with Crippen LogP contribution in [-0.4, -0.2) is 23.2 Å². The second-order valence-electron chi connectivity index (χ2n) is 5.24. The van der Waals surface area contributed by atoms with Crippen LogP contribution >= 0.6 is 0 Å². The molecule has 1 saturated carbocycles. The first kappa shape index (κ1) is 13.8. The monoisotopic (exact) mass is 264 g/mol. The van der Waals surface area contributed by atoms with E-state index in [9.17, 15) is 15.2 Å². The first-order valence-electron chi connectivity index (χ1n) is 6.72. The number of rotatable bonds is 5. The van der Waals surface area contributed by atoms with Crippen LogP contribution in [0.25, 0.3) is 0 Å². The highest BCUT2D eigenvalue weighted by Crippen LogP contribution is 2.33. The van der Waals surface area contributed by atoms with Crippen molar-refractivity contribution in [2.75, 3.05) is 18.5 Å². The molecule has 0 bridgehead atoms. The molecule has 0 aliphatic heterocycles. The summed E-state index contributed by atoms with van der Waals surface area (Å²) >= 11 is 0. The number of benzene rings is 1. The zero-order valence-electron chi connectivity index (χ0n) is 11.1. The van der Waals surface area contributed by atoms with Crippen molar-refractivity contribution in [2.45, 2.75) is 26.2 Å². The number of nitro groups is 1. The number of hydrogen-bond donors (Lipinski definition) is 2. The largest absolute Gasteiger partial charge is 0.396 e. The lowest BCUT2D eigenvalue weighted by molar-refractivity contribution is -0.384. The number of nitrogens with one attached hydrogen (secondary N) is 1. The van der Waals surface area contributed by atoms with Crippen LogP contribution in [0.5, 0.6) is 0 Å². The summed E-state index contributed by atoms with van der Waals surface area (Å²) in [4.78, 5) is 10.7. The fraction of sp³-hybridized carbons (Fsp3) is 0.571. The number of anilines is 1. The fourth-order valence-electron chi connectivity index (χ4n) is 2.89. The summed E-state index contributed by atoms with van der Waals surface area (Å²) < 4.78 is 0. The summed E-state index contributed by atoms with van der Waals surface area (Å²) in [7, 11) is 0. The van der Waals surface area contributed by atoms with Crippen LogP contribution in [0.4, 0.5) is 11.4 Å². The number of nitrogens with zero attached hydrogens (tertiary/aromatic N) is 1. The molecule has 1 aromatic carbocycles. The van der Waals surface area contributed by atoms with Gasteiger partial charge in [-0.15, -0.1) is 0 Å². The molecule has 0 heterocycles. The van der Waals surface area contributed by atoms with Crippen molar-refractivity contribution >= 4 is 11.4 Å². The van der Waals surface area contributed by atoms with Gasteiger partial charge in [0.05, 0.1) is 4.92 Å². The minimum absolute atomic E-state index is 0.124. The Hall–Kier alpha value is -1.62. The molecule has 0 amide bonds. The number of nitro benzene ring substituents is 1. The van der Waals surface area contributed by atoms with E-state index in [4.69, 9.17) is 0 Å². The molecule has 0 spiro atoms. The van der Waals surface area contributed by atoms with Crippen LogP contribution in [0.2, 0.25) is 0 Å². The smallest absolute Gasteiger partial charge is 0.292 e. The van der Waals surface area contributed by atoms with Gasteiger partial charge in [0, 0.05) is 19.2 Å². The SMILES string of the molecule is Cc1cccc([N+](=O)[O-])c1NCC1CCCC1CO. The molecule has 5 nitrogen and oxygen atoms in total. The Morgan fingerprint density at radius 3 is 2.84 bits per heavy atom. The molecule has 2 atom stereocenters. The fourth-order valence-corrected chi connectivity index (χ4v) is 2.89. The summed E-state index contributed by atoms with van der Waals surface area (Å²) in [5.74, 6) is 0.736. The highest BCUT2D eigenvalue weighted by atomic mass is 16.6. The maximum atomic E-state index is 11.0. The van der Waals surface area contributed by atoms with E-state index >= 15 is 0 Å². The number of aryl methyl sites for hydroxylation is 1. The maximum Gasteiger partial charge on any atom is 0.292 e. The summed E-state index contributed by atoms with van der Waals surface area (Å²) in [5, 5.41) is 23.5. The summed E-state index contributed by atoms with van der Waals surface area (Å²) in [6.07, 6.45) is 3.27. The third kappa shape index (κ3) is 3.04. The van der Waals surface area contributed by atoms with Crippen LogP contribution in [0, 0.1) is 28.9 Å². The molecule has 19 heavy (non-hydrogen) atoms. The van der Waals surface area contributed by atoms with E-state index in [1.165, 1.54) is 6.07 Å². The van der Waals surface area contributed by atoms with Gasteiger partial charge in [-0.2, -0.15) is 0 Å². The highest BCUT2D eigenvalue weighted by molar-refractivity contribution is 5.65. The Balaban J connectivity index is 2.09. The van der Waals surface area contributed by atoms with Crippen LogP contribution in [0.3, 0.4) is 0 Å². The van der Waals surface area contributed by atoms with Crippen molar-refractivity contribution in [3.05, 3.63) is 33.9 Å². The Bertz CT molecular complexity index is 462. The molecular formula is C14H20N2O3. The summed E-state index contributed by atoms with van der Waals surface area (Å²) in [6, 6.07) is 5.09. The maximum absolute atomic E-state index is 11.0. The first-order chi connectivity index (χ1) is 9.13. The molecule has 1 aliphatic rings. The van der Waals surface area contributed by atoms with Gasteiger partial charge in [0.1, 0.15) is 5.69 Å². The van der Waals surface area contributed by atoms with Crippen LogP contribution in [-0.2, 0) is 0 Å². The van der Waals surface area contributed by atoms with Crippen LogP contribution in [0.1, 0.15) is 24.8 Å². The first-order valence-corrected chi connectivity index (χ1v) is 6.72. The van der Waals surface area contributed by atoms with Crippen molar-refractivity contribution in [3.63, 3.8) is 0 Å². The van der Waals surface area contributed by atoms with Gasteiger partial charge in [0.2, 0.25) is 0 Å². The molecular weight excluding hydrogens is 244 g/mol. The van der Waals surface area contributed by atoms with E-state index in [1.54, 1.807) is 6.07 Å². The van der Waals surface area contributed by atoms with Gasteiger partial charge < -0.3 is 10.4 Å². The zero-order valence-corrected chi connectivity index (χ0v) is 11.1. The van der Waals surface area contributed by atoms with Crippen molar-refractivity contribution in [3.8, 4) is 0 Å². The highest BCUT2D eigenvalue weighted by Gasteiger charge is 2.27. The minimum atomic E-state index is -0.354. The van der Waals surface area contributed by atoms with Crippen LogP contribution < -0.4 is 5.32 Å². The Labute approximate surface area is 112 Å². The predicted octanol–water partition coefficient (Wildman–Crippen LogP) is 2.72. The molecule has 104 valence electrons. The van der Waals surface area contributed by atoms with Crippen molar-refractivity contribution in [2.24, 2.45) is 11.8 Å². The van der Waals surface area contributed by atoms with Crippen molar-refractivity contribution in [1.29, 1.82) is 0 Å². The normalized spacial score (nSPS) is 22.4. The lowest BCUT2D eigenvalue weighted by Crippen LogP contribution is -2.21. The van der Waals surface area contributed by atoms with E-state index < -0.39 is 0 Å². The van der Waals surface area contributed by atoms with E-state index in [-0.39, 0.29) is 17.2 Å². The second-order valence-corrected chi connectivity index (χ2v) is 5.24. The zero-order chi connectivity index (χ0) is 13.8. The van der Waals surface area contributed by atoms with Gasteiger partial charge in [-0.05, 0) is 37.2 Å². The quantitative estimate of drug-likeness (QED) is 0.633. The molecule has 0 saturated heterocycles. The average molecular weight is 264 g/mol. The van der Waals surface area contributed by atoms with E-state index in [1.807, 2.05) is 13.0 Å². The lowest BCUT2D eigenvalue weighted by Gasteiger charge is -2.19. The minimum Gasteiger partial charge on any atom is -0.396 e. The lowest BCUT2D eigenvalue weighted by atomic mass is 9.96. The molecule has 0 aromatic heterocycles. The van der Waals surface area contributed by atoms with Crippen molar-refractivity contribution < 1.29 is 10.0 Å². The number of aliphatic hydroxyl groups is 1. The average Bonchev–Trinajstić information content (AvgIpc) is 2.84. The molecule has 2 rings (SSSR count). The number of hydrogen-bond acceptors (Lipinski definition) is 4. The Kier molecular flexibility index (Phi) is 4.37. The predicted molar refractivity (Wildman–Crippen MR) is 74.2 cm³/mol. The molecule has 2 N–H and O–H groups in total. The standard InChI is InChI=1S/C14H20N2O3/c1-10-4-2-7-13(16(18)19)14(10)15-8-11-5-3-6-12(11)9-17/h2,4,7,11-12,15,17H,3,5-6,8-9H2,1H3. The van der Waals surface area contributed by atoms with Gasteiger partial charge >= 0.3 is 0 Å². The third-order valence-electron chi connectivity index (χ3n) is 4.04. The van der Waals surface area contributed by atoms with Gasteiger partial charge in [0.15, 0.2) is 0 Å². The molecule has 0 radical (unpaired) electrons. The summed E-state index contributed by atoms with van der Waals surface area (Å²) in [6.45, 7) is 2.77. The van der Waals surface area contributed by atoms with Gasteiger partial charge in [-0.3, -0.25) is 10.1 Å². The summed E-state index contributed by atoms with van der Waals surface area (Å²) in [5.41, 5.74) is 1.61. The third-order valence-corrected chi connectivity index (χ3v) is 4.04. The molecule has 1 aliphatic carbocycles. The Morgan fingerprint density at radius 1 is 1.42 bits per heavy atom. The molecule has 1 aromatic rings. The Morgan fingerprint density at radius 2 is 2.16 bits per heavy atom. The van der Waals surface area contributed by atoms with Crippen molar-refractivity contribution in [1.82, 2.24) is 0 Å². The van der Waals surface area contributed by atoms with Gasteiger partial charge in [-0.25, -0.2) is 0 Å². The van der Waals surface area contributed by atoms with E-state index in [0.29, 0.717) is 24.1 Å². The van der Waals surface area contributed by atoms with Crippen LogP contribution in [0.15, 0.2) is 18.2 Å². The van der Waals surface area contributed by atoms with E-state index in [0.717, 1.165) is 24.8 Å². The number of para-hydroxylation sites is 1. The molecule has 5 heteroatoms.